The highest BCUT2D eigenvalue weighted by Gasteiger charge is 2.03. The van der Waals surface area contributed by atoms with E-state index in [0.29, 0.717) is 0 Å². The number of aromatic nitrogens is 2. The van der Waals surface area contributed by atoms with Gasteiger partial charge in [-0.1, -0.05) is 0 Å². The molecule has 0 unspecified atom stereocenters. The molecule has 2 aromatic rings. The topological polar surface area (TPSA) is 59.2 Å². The Morgan fingerprint density at radius 1 is 1.28 bits per heavy atom. The molecule has 2 N–H and O–H groups in total. The van der Waals surface area contributed by atoms with Crippen LogP contribution in [0, 0.1) is 0 Å². The number of H-pyrrole nitrogens is 1. The number of nitrogens with one attached hydrogen (secondary N) is 2. The molecule has 0 aliphatic carbocycles. The van der Waals surface area contributed by atoms with Crippen molar-refractivity contribution in [3.8, 4) is 5.75 Å². The van der Waals surface area contributed by atoms with E-state index in [4.69, 9.17) is 9.47 Å². The summed E-state index contributed by atoms with van der Waals surface area (Å²) in [6.07, 6.45) is 0.876. The lowest BCUT2D eigenvalue weighted by atomic mass is 10.3. The summed E-state index contributed by atoms with van der Waals surface area (Å²) in [7, 11) is 3.37. The largest absolute Gasteiger partial charge is 0.497 e. The Bertz CT molecular complexity index is 496. The Hall–Kier alpha value is -1.59. The first kappa shape index (κ1) is 12.9. The zero-order valence-corrected chi connectivity index (χ0v) is 10.8. The van der Waals surface area contributed by atoms with Gasteiger partial charge in [0.1, 0.15) is 11.6 Å². The maximum atomic E-state index is 5.18. The van der Waals surface area contributed by atoms with Crippen LogP contribution in [0.5, 0.6) is 5.75 Å². The predicted octanol–water partition coefficient (Wildman–Crippen LogP) is 1.35. The summed E-state index contributed by atoms with van der Waals surface area (Å²) in [6.45, 7) is 2.49. The second-order valence-corrected chi connectivity index (χ2v) is 4.06. The Morgan fingerprint density at radius 2 is 2.17 bits per heavy atom. The van der Waals surface area contributed by atoms with Crippen LogP contribution >= 0.6 is 0 Å². The van der Waals surface area contributed by atoms with E-state index in [9.17, 15) is 0 Å². The fourth-order valence-corrected chi connectivity index (χ4v) is 1.79. The molecule has 1 aromatic carbocycles. The van der Waals surface area contributed by atoms with Crippen molar-refractivity contribution in [2.45, 2.75) is 6.42 Å². The van der Waals surface area contributed by atoms with Crippen molar-refractivity contribution in [3.63, 3.8) is 0 Å². The molecule has 1 aromatic heterocycles. The number of nitrogens with zero attached hydrogens (tertiary/aromatic N) is 1. The van der Waals surface area contributed by atoms with Crippen molar-refractivity contribution in [1.29, 1.82) is 0 Å². The number of hydrogen-bond donors (Lipinski definition) is 2. The molecular formula is C13H19N3O2. The van der Waals surface area contributed by atoms with Gasteiger partial charge < -0.3 is 19.8 Å². The molecule has 98 valence electrons. The number of fused-ring (bicyclic) bond motifs is 1. The van der Waals surface area contributed by atoms with Crippen molar-refractivity contribution >= 4 is 11.0 Å². The van der Waals surface area contributed by atoms with E-state index in [0.717, 1.165) is 48.7 Å². The normalized spacial score (nSPS) is 11.0. The smallest absolute Gasteiger partial charge is 0.121 e. The molecule has 18 heavy (non-hydrogen) atoms. The average molecular weight is 249 g/mol. The van der Waals surface area contributed by atoms with Crippen LogP contribution in [0.25, 0.3) is 11.0 Å². The molecule has 0 aliphatic rings. The second-order valence-electron chi connectivity index (χ2n) is 4.06. The number of methoxy groups -OCH3 is 2. The molecule has 0 spiro atoms. The summed E-state index contributed by atoms with van der Waals surface area (Å²) in [5.41, 5.74) is 1.99. The van der Waals surface area contributed by atoms with Crippen molar-refractivity contribution in [2.75, 3.05) is 33.9 Å². The van der Waals surface area contributed by atoms with E-state index in [1.165, 1.54) is 0 Å². The monoisotopic (exact) mass is 249 g/mol. The Labute approximate surface area is 107 Å². The third-order valence-electron chi connectivity index (χ3n) is 2.76. The fourth-order valence-electron chi connectivity index (χ4n) is 1.79. The van der Waals surface area contributed by atoms with Crippen molar-refractivity contribution in [2.24, 2.45) is 0 Å². The number of hydrogen-bond acceptors (Lipinski definition) is 4. The average Bonchev–Trinajstić information content (AvgIpc) is 2.80. The third kappa shape index (κ3) is 3.21. The molecule has 0 saturated carbocycles. The molecule has 0 aliphatic heterocycles. The number of imidazole rings is 1. The second kappa shape index (κ2) is 6.37. The Morgan fingerprint density at radius 3 is 2.94 bits per heavy atom. The Kier molecular flexibility index (Phi) is 4.55. The van der Waals surface area contributed by atoms with E-state index < -0.39 is 0 Å². The van der Waals surface area contributed by atoms with E-state index in [2.05, 4.69) is 15.3 Å². The van der Waals surface area contributed by atoms with Gasteiger partial charge >= 0.3 is 0 Å². The van der Waals surface area contributed by atoms with Gasteiger partial charge in [0.25, 0.3) is 0 Å². The van der Waals surface area contributed by atoms with Gasteiger partial charge in [-0.25, -0.2) is 4.98 Å². The summed E-state index contributed by atoms with van der Waals surface area (Å²) < 4.78 is 10.2. The maximum absolute atomic E-state index is 5.18. The van der Waals surface area contributed by atoms with Crippen LogP contribution in [-0.4, -0.2) is 43.9 Å². The fraction of sp³-hybridized carbons (Fsp3) is 0.462. The van der Waals surface area contributed by atoms with Crippen LogP contribution in [0.1, 0.15) is 5.82 Å². The maximum Gasteiger partial charge on any atom is 0.121 e. The van der Waals surface area contributed by atoms with Gasteiger partial charge in [0.05, 0.1) is 24.8 Å². The van der Waals surface area contributed by atoms with Gasteiger partial charge in [0.2, 0.25) is 0 Å². The van der Waals surface area contributed by atoms with Gasteiger partial charge in [-0.15, -0.1) is 0 Å². The third-order valence-corrected chi connectivity index (χ3v) is 2.76. The Balaban J connectivity index is 1.93. The molecule has 5 nitrogen and oxygen atoms in total. The van der Waals surface area contributed by atoms with Crippen LogP contribution in [0.3, 0.4) is 0 Å². The van der Waals surface area contributed by atoms with Crippen LogP contribution in [0.2, 0.25) is 0 Å². The van der Waals surface area contributed by atoms with E-state index >= 15 is 0 Å². The van der Waals surface area contributed by atoms with Gasteiger partial charge in [-0.3, -0.25) is 0 Å². The number of rotatable bonds is 7. The van der Waals surface area contributed by atoms with E-state index in [1.54, 1.807) is 14.2 Å². The highest BCUT2D eigenvalue weighted by Crippen LogP contribution is 2.18. The quantitative estimate of drug-likeness (QED) is 0.727. The molecular weight excluding hydrogens is 230 g/mol. The number of benzene rings is 1. The van der Waals surface area contributed by atoms with Crippen molar-refractivity contribution in [1.82, 2.24) is 15.3 Å². The predicted molar refractivity (Wildman–Crippen MR) is 71.1 cm³/mol. The first-order valence-corrected chi connectivity index (χ1v) is 6.06. The lowest BCUT2D eigenvalue weighted by molar-refractivity contribution is 0.199. The van der Waals surface area contributed by atoms with Gasteiger partial charge in [0.15, 0.2) is 0 Å². The minimum absolute atomic E-state index is 0.733. The molecule has 0 bridgehead atoms. The minimum atomic E-state index is 0.733. The molecule has 0 radical (unpaired) electrons. The molecule has 5 heteroatoms. The van der Waals surface area contributed by atoms with Gasteiger partial charge in [-0.05, 0) is 12.1 Å². The number of ether oxygens (including phenoxy) is 2. The van der Waals surface area contributed by atoms with Crippen LogP contribution in [0.15, 0.2) is 18.2 Å². The SMILES string of the molecule is COCCNCCc1nc2ccc(OC)cc2[nH]1. The van der Waals surface area contributed by atoms with Crippen molar-refractivity contribution < 1.29 is 9.47 Å². The molecule has 0 atom stereocenters. The molecule has 0 fully saturated rings. The molecule has 0 amide bonds. The van der Waals surface area contributed by atoms with Gasteiger partial charge in [0, 0.05) is 32.7 Å². The highest BCUT2D eigenvalue weighted by atomic mass is 16.5. The zero-order chi connectivity index (χ0) is 12.8. The van der Waals surface area contributed by atoms with Gasteiger partial charge in [-0.2, -0.15) is 0 Å². The van der Waals surface area contributed by atoms with E-state index in [-0.39, 0.29) is 0 Å². The summed E-state index contributed by atoms with van der Waals surface area (Å²) >= 11 is 0. The van der Waals surface area contributed by atoms with E-state index in [1.807, 2.05) is 18.2 Å². The standard InChI is InChI=1S/C13H19N3O2/c1-17-8-7-14-6-5-13-15-11-4-3-10(18-2)9-12(11)16-13/h3-4,9,14H,5-8H2,1-2H3,(H,15,16). The zero-order valence-electron chi connectivity index (χ0n) is 10.8. The molecule has 0 saturated heterocycles. The first-order chi connectivity index (χ1) is 8.83. The minimum Gasteiger partial charge on any atom is -0.497 e. The van der Waals surface area contributed by atoms with Crippen molar-refractivity contribution in [3.05, 3.63) is 24.0 Å². The summed E-state index contributed by atoms with van der Waals surface area (Å²) in [6, 6.07) is 5.85. The summed E-state index contributed by atoms with van der Waals surface area (Å²) in [5.74, 6) is 1.83. The molecule has 1 heterocycles. The lowest BCUT2D eigenvalue weighted by Gasteiger charge is -2.01. The lowest BCUT2D eigenvalue weighted by Crippen LogP contribution is -2.22. The first-order valence-electron chi connectivity index (χ1n) is 6.06. The van der Waals surface area contributed by atoms with Crippen LogP contribution < -0.4 is 10.1 Å². The summed E-state index contributed by atoms with van der Waals surface area (Å²) in [5, 5.41) is 3.29. The summed E-state index contributed by atoms with van der Waals surface area (Å²) in [4.78, 5) is 7.82. The van der Waals surface area contributed by atoms with Crippen LogP contribution in [-0.2, 0) is 11.2 Å². The molecule has 2 rings (SSSR count). The highest BCUT2D eigenvalue weighted by molar-refractivity contribution is 5.76. The number of aromatic amines is 1. The van der Waals surface area contributed by atoms with Crippen LogP contribution in [0.4, 0.5) is 0 Å².